The molecule has 1 atom stereocenters. The fourth-order valence-electron chi connectivity index (χ4n) is 2.35. The van der Waals surface area contributed by atoms with Crippen LogP contribution in [0.25, 0.3) is 11.3 Å². The standard InChI is InChI=1S/C20H25ClN2O3/c1-13(22-19(25)20(2,3)4)18(24)23(5)12-16-10-11-17(26-16)14-6-8-15(21)9-7-14/h6-11,13H,12H2,1-5H3,(H,22,25)/t13-/m1/s1. The predicted molar refractivity (Wildman–Crippen MR) is 103 cm³/mol. The molecule has 0 bridgehead atoms. The summed E-state index contributed by atoms with van der Waals surface area (Å²) in [6, 6.07) is 10.5. The molecule has 0 fully saturated rings. The maximum atomic E-state index is 12.5. The molecule has 0 unspecified atom stereocenters. The van der Waals surface area contributed by atoms with Crippen LogP contribution in [0.3, 0.4) is 0 Å². The Balaban J connectivity index is 1.99. The van der Waals surface area contributed by atoms with Gasteiger partial charge in [0.05, 0.1) is 6.54 Å². The van der Waals surface area contributed by atoms with Gasteiger partial charge in [0.1, 0.15) is 17.6 Å². The molecule has 0 aliphatic carbocycles. The molecular weight excluding hydrogens is 352 g/mol. The van der Waals surface area contributed by atoms with E-state index in [1.165, 1.54) is 4.90 Å². The van der Waals surface area contributed by atoms with E-state index in [-0.39, 0.29) is 11.8 Å². The van der Waals surface area contributed by atoms with Crippen molar-refractivity contribution in [3.05, 3.63) is 47.2 Å². The molecule has 0 saturated heterocycles. The Hall–Kier alpha value is -2.27. The Morgan fingerprint density at radius 2 is 1.77 bits per heavy atom. The van der Waals surface area contributed by atoms with E-state index in [4.69, 9.17) is 16.0 Å². The first-order valence-corrected chi connectivity index (χ1v) is 8.86. The number of hydrogen-bond acceptors (Lipinski definition) is 3. The van der Waals surface area contributed by atoms with Crippen LogP contribution in [0, 0.1) is 5.41 Å². The van der Waals surface area contributed by atoms with E-state index < -0.39 is 11.5 Å². The molecule has 1 N–H and O–H groups in total. The molecule has 0 saturated carbocycles. The number of carbonyl (C=O) groups is 2. The van der Waals surface area contributed by atoms with Gasteiger partial charge in [-0.05, 0) is 43.3 Å². The first kappa shape index (κ1) is 20.0. The molecule has 1 aromatic carbocycles. The number of benzene rings is 1. The third kappa shape index (κ3) is 5.11. The molecule has 1 heterocycles. The van der Waals surface area contributed by atoms with E-state index in [0.29, 0.717) is 23.1 Å². The lowest BCUT2D eigenvalue weighted by Gasteiger charge is -2.24. The molecule has 0 spiro atoms. The zero-order chi connectivity index (χ0) is 19.5. The van der Waals surface area contributed by atoms with Gasteiger partial charge in [0.25, 0.3) is 0 Å². The van der Waals surface area contributed by atoms with E-state index in [0.717, 1.165) is 5.56 Å². The van der Waals surface area contributed by atoms with Crippen molar-refractivity contribution >= 4 is 23.4 Å². The number of carbonyl (C=O) groups excluding carboxylic acids is 2. The Bertz CT molecular complexity index is 775. The van der Waals surface area contributed by atoms with Crippen LogP contribution >= 0.6 is 11.6 Å². The van der Waals surface area contributed by atoms with Crippen molar-refractivity contribution in [3.63, 3.8) is 0 Å². The number of amides is 2. The van der Waals surface area contributed by atoms with Crippen LogP contribution < -0.4 is 5.32 Å². The molecule has 0 radical (unpaired) electrons. The van der Waals surface area contributed by atoms with Crippen molar-refractivity contribution < 1.29 is 14.0 Å². The summed E-state index contributed by atoms with van der Waals surface area (Å²) in [6.07, 6.45) is 0. The minimum absolute atomic E-state index is 0.158. The lowest BCUT2D eigenvalue weighted by atomic mass is 9.95. The SMILES string of the molecule is C[C@@H](NC(=O)C(C)(C)C)C(=O)N(C)Cc1ccc(-c2ccc(Cl)cc2)o1. The number of furan rings is 1. The van der Waals surface area contributed by atoms with Crippen LogP contribution in [0.15, 0.2) is 40.8 Å². The molecule has 0 aliphatic heterocycles. The van der Waals surface area contributed by atoms with Crippen LogP contribution in [0.1, 0.15) is 33.5 Å². The average molecular weight is 377 g/mol. The van der Waals surface area contributed by atoms with Gasteiger partial charge in [-0.15, -0.1) is 0 Å². The van der Waals surface area contributed by atoms with Gasteiger partial charge in [-0.25, -0.2) is 0 Å². The normalized spacial score (nSPS) is 12.5. The van der Waals surface area contributed by atoms with Gasteiger partial charge in [-0.2, -0.15) is 0 Å². The van der Waals surface area contributed by atoms with Crippen molar-refractivity contribution in [1.82, 2.24) is 10.2 Å². The number of rotatable bonds is 5. The number of likely N-dealkylation sites (N-methyl/N-ethyl adjacent to an activating group) is 1. The van der Waals surface area contributed by atoms with Gasteiger partial charge in [-0.1, -0.05) is 32.4 Å². The third-order valence-corrected chi connectivity index (χ3v) is 4.21. The topological polar surface area (TPSA) is 62.6 Å². The molecule has 1 aromatic heterocycles. The summed E-state index contributed by atoms with van der Waals surface area (Å²) in [5.41, 5.74) is 0.377. The lowest BCUT2D eigenvalue weighted by molar-refractivity contribution is -0.137. The van der Waals surface area contributed by atoms with Crippen LogP contribution in [0.4, 0.5) is 0 Å². The van der Waals surface area contributed by atoms with Gasteiger partial charge in [0.2, 0.25) is 11.8 Å². The average Bonchev–Trinajstić information content (AvgIpc) is 3.02. The molecule has 140 valence electrons. The Morgan fingerprint density at radius 3 is 2.35 bits per heavy atom. The van der Waals surface area contributed by atoms with Crippen molar-refractivity contribution in [2.24, 2.45) is 5.41 Å². The molecular formula is C20H25ClN2O3. The second-order valence-electron chi connectivity index (χ2n) is 7.41. The first-order chi connectivity index (χ1) is 12.1. The van der Waals surface area contributed by atoms with E-state index in [9.17, 15) is 9.59 Å². The van der Waals surface area contributed by atoms with E-state index >= 15 is 0 Å². The maximum absolute atomic E-state index is 12.5. The summed E-state index contributed by atoms with van der Waals surface area (Å²) in [6.45, 7) is 7.44. The van der Waals surface area contributed by atoms with Crippen LogP contribution in [0.5, 0.6) is 0 Å². The molecule has 0 aliphatic rings. The van der Waals surface area contributed by atoms with Crippen LogP contribution in [0.2, 0.25) is 5.02 Å². The highest BCUT2D eigenvalue weighted by atomic mass is 35.5. The first-order valence-electron chi connectivity index (χ1n) is 8.48. The molecule has 5 nitrogen and oxygen atoms in total. The van der Waals surface area contributed by atoms with Gasteiger partial charge in [-0.3, -0.25) is 9.59 Å². The molecule has 2 rings (SSSR count). The van der Waals surface area contributed by atoms with Crippen molar-refractivity contribution in [2.45, 2.75) is 40.3 Å². The molecule has 2 aromatic rings. The summed E-state index contributed by atoms with van der Waals surface area (Å²) >= 11 is 5.90. The van der Waals surface area contributed by atoms with Crippen LogP contribution in [-0.2, 0) is 16.1 Å². The van der Waals surface area contributed by atoms with Crippen molar-refractivity contribution in [3.8, 4) is 11.3 Å². The third-order valence-electron chi connectivity index (χ3n) is 3.96. The minimum atomic E-state index is -0.600. The predicted octanol–water partition coefficient (Wildman–Crippen LogP) is 4.11. The van der Waals surface area contributed by atoms with Crippen molar-refractivity contribution in [2.75, 3.05) is 7.05 Å². The van der Waals surface area contributed by atoms with Crippen LogP contribution in [-0.4, -0.2) is 29.8 Å². The number of nitrogens with zero attached hydrogens (tertiary/aromatic N) is 1. The summed E-state index contributed by atoms with van der Waals surface area (Å²) < 4.78 is 5.82. The largest absolute Gasteiger partial charge is 0.459 e. The fraction of sp³-hybridized carbons (Fsp3) is 0.400. The second kappa shape index (κ2) is 7.96. The zero-order valence-electron chi connectivity index (χ0n) is 15.8. The highest BCUT2D eigenvalue weighted by Crippen LogP contribution is 2.24. The van der Waals surface area contributed by atoms with Gasteiger partial charge >= 0.3 is 0 Å². The monoisotopic (exact) mass is 376 g/mol. The van der Waals surface area contributed by atoms with E-state index in [2.05, 4.69) is 5.32 Å². The summed E-state index contributed by atoms with van der Waals surface area (Å²) in [5, 5.41) is 3.41. The number of halogens is 1. The number of hydrogen-bond donors (Lipinski definition) is 1. The fourth-order valence-corrected chi connectivity index (χ4v) is 2.48. The van der Waals surface area contributed by atoms with E-state index in [1.54, 1.807) is 26.1 Å². The number of nitrogens with one attached hydrogen (secondary N) is 1. The molecule has 6 heteroatoms. The quantitative estimate of drug-likeness (QED) is 0.854. The highest BCUT2D eigenvalue weighted by Gasteiger charge is 2.26. The molecule has 2 amide bonds. The summed E-state index contributed by atoms with van der Waals surface area (Å²) in [4.78, 5) is 26.1. The Morgan fingerprint density at radius 1 is 1.15 bits per heavy atom. The maximum Gasteiger partial charge on any atom is 0.245 e. The summed E-state index contributed by atoms with van der Waals surface area (Å²) in [7, 11) is 1.69. The van der Waals surface area contributed by atoms with Crippen molar-refractivity contribution in [1.29, 1.82) is 0 Å². The molecule has 26 heavy (non-hydrogen) atoms. The van der Waals surface area contributed by atoms with Gasteiger partial charge in [0, 0.05) is 23.0 Å². The highest BCUT2D eigenvalue weighted by molar-refractivity contribution is 6.30. The second-order valence-corrected chi connectivity index (χ2v) is 7.85. The van der Waals surface area contributed by atoms with Gasteiger partial charge < -0.3 is 14.6 Å². The lowest BCUT2D eigenvalue weighted by Crippen LogP contribution is -2.48. The van der Waals surface area contributed by atoms with E-state index in [1.807, 2.05) is 45.0 Å². The Labute approximate surface area is 159 Å². The summed E-state index contributed by atoms with van der Waals surface area (Å²) in [5.74, 6) is 1.05. The minimum Gasteiger partial charge on any atom is -0.459 e. The Kier molecular flexibility index (Phi) is 6.13. The zero-order valence-corrected chi connectivity index (χ0v) is 16.6. The smallest absolute Gasteiger partial charge is 0.245 e. The van der Waals surface area contributed by atoms with Gasteiger partial charge in [0.15, 0.2) is 0 Å².